The molecule has 0 radical (unpaired) electrons. The van der Waals surface area contributed by atoms with Crippen molar-refractivity contribution in [1.29, 1.82) is 0 Å². The lowest BCUT2D eigenvalue weighted by atomic mass is 10.1. The molecule has 1 amide bonds. The molecule has 0 aromatic heterocycles. The second-order valence-electron chi connectivity index (χ2n) is 4.94. The van der Waals surface area contributed by atoms with E-state index in [0.29, 0.717) is 13.0 Å². The van der Waals surface area contributed by atoms with Crippen LogP contribution < -0.4 is 10.6 Å². The minimum atomic E-state index is -1.07. The van der Waals surface area contributed by atoms with Gasteiger partial charge in [0.1, 0.15) is 6.04 Å². The van der Waals surface area contributed by atoms with Gasteiger partial charge in [0.15, 0.2) is 0 Å². The van der Waals surface area contributed by atoms with Crippen molar-refractivity contribution in [3.8, 4) is 0 Å². The average molecular weight is 278 g/mol. The minimum absolute atomic E-state index is 0.233. The summed E-state index contributed by atoms with van der Waals surface area (Å²) in [4.78, 5) is 23.2. The SMILES string of the molecule is O=C(N[C@@H](Cc1ccccc1)C(=O)O)C1CC(O)CN1. The van der Waals surface area contributed by atoms with Crippen molar-refractivity contribution in [3.05, 3.63) is 35.9 Å². The number of hydrogen-bond donors (Lipinski definition) is 4. The van der Waals surface area contributed by atoms with E-state index in [2.05, 4.69) is 10.6 Å². The van der Waals surface area contributed by atoms with E-state index in [0.717, 1.165) is 5.56 Å². The Hall–Kier alpha value is -1.92. The number of carbonyl (C=O) groups is 2. The summed E-state index contributed by atoms with van der Waals surface area (Å²) in [7, 11) is 0. The highest BCUT2D eigenvalue weighted by molar-refractivity contribution is 5.87. The summed E-state index contributed by atoms with van der Waals surface area (Å²) in [6, 6.07) is 7.64. The largest absolute Gasteiger partial charge is 0.480 e. The van der Waals surface area contributed by atoms with Gasteiger partial charge in [-0.25, -0.2) is 4.79 Å². The lowest BCUT2D eigenvalue weighted by Gasteiger charge is -2.17. The van der Waals surface area contributed by atoms with E-state index in [9.17, 15) is 19.8 Å². The lowest BCUT2D eigenvalue weighted by Crippen LogP contribution is -2.49. The number of carboxylic acid groups (broad SMARTS) is 1. The number of aliphatic carboxylic acids is 1. The van der Waals surface area contributed by atoms with E-state index in [4.69, 9.17) is 0 Å². The molecule has 1 aromatic carbocycles. The molecule has 1 heterocycles. The zero-order valence-electron chi connectivity index (χ0n) is 11.0. The Bertz CT molecular complexity index is 477. The molecule has 2 unspecified atom stereocenters. The minimum Gasteiger partial charge on any atom is -0.480 e. The molecule has 0 saturated carbocycles. The maximum atomic E-state index is 11.9. The maximum absolute atomic E-state index is 11.9. The fourth-order valence-electron chi connectivity index (χ4n) is 2.24. The summed E-state index contributed by atoms with van der Waals surface area (Å²) >= 11 is 0. The van der Waals surface area contributed by atoms with E-state index in [1.807, 2.05) is 30.3 Å². The van der Waals surface area contributed by atoms with Crippen molar-refractivity contribution in [2.24, 2.45) is 0 Å². The number of aliphatic hydroxyl groups is 1. The quantitative estimate of drug-likeness (QED) is 0.583. The van der Waals surface area contributed by atoms with Gasteiger partial charge in [0.2, 0.25) is 5.91 Å². The Morgan fingerprint density at radius 3 is 2.60 bits per heavy atom. The molecule has 1 aromatic rings. The molecular formula is C14H18N2O4. The van der Waals surface area contributed by atoms with Crippen LogP contribution in [0.3, 0.4) is 0 Å². The number of β-amino-alcohol motifs (C(OH)–C–C–N with tert-alkyl or cyclic N) is 1. The van der Waals surface area contributed by atoms with Crippen LogP contribution in [0.15, 0.2) is 30.3 Å². The molecule has 6 nitrogen and oxygen atoms in total. The number of carbonyl (C=O) groups excluding carboxylic acids is 1. The highest BCUT2D eigenvalue weighted by Gasteiger charge is 2.30. The van der Waals surface area contributed by atoms with E-state index >= 15 is 0 Å². The van der Waals surface area contributed by atoms with Gasteiger partial charge >= 0.3 is 5.97 Å². The predicted molar refractivity (Wildman–Crippen MR) is 72.1 cm³/mol. The monoisotopic (exact) mass is 278 g/mol. The third kappa shape index (κ3) is 3.79. The number of amides is 1. The fourth-order valence-corrected chi connectivity index (χ4v) is 2.24. The summed E-state index contributed by atoms with van der Waals surface area (Å²) < 4.78 is 0. The first kappa shape index (κ1) is 14.5. The second kappa shape index (κ2) is 6.49. The summed E-state index contributed by atoms with van der Waals surface area (Å²) in [5.41, 5.74) is 0.847. The molecule has 4 N–H and O–H groups in total. The van der Waals surface area contributed by atoms with Gasteiger partial charge in [-0.2, -0.15) is 0 Å². The number of aliphatic hydroxyl groups excluding tert-OH is 1. The van der Waals surface area contributed by atoms with Crippen LogP contribution in [-0.4, -0.2) is 46.8 Å². The summed E-state index contributed by atoms with van der Waals surface area (Å²) in [5.74, 6) is -1.45. The standard InChI is InChI=1S/C14H18N2O4/c17-10-7-11(15-8-10)13(18)16-12(14(19)20)6-9-4-2-1-3-5-9/h1-5,10-12,15,17H,6-8H2,(H,16,18)(H,19,20)/t10?,11?,12-/m0/s1. The van der Waals surface area contributed by atoms with Crippen LogP contribution in [0.5, 0.6) is 0 Å². The van der Waals surface area contributed by atoms with Crippen LogP contribution in [0.2, 0.25) is 0 Å². The van der Waals surface area contributed by atoms with Crippen molar-refractivity contribution in [3.63, 3.8) is 0 Å². The Balaban J connectivity index is 1.96. The van der Waals surface area contributed by atoms with Crippen LogP contribution in [0.4, 0.5) is 0 Å². The molecule has 0 aliphatic carbocycles. The Morgan fingerprint density at radius 2 is 2.05 bits per heavy atom. The first-order valence-corrected chi connectivity index (χ1v) is 6.55. The molecule has 0 spiro atoms. The third-order valence-corrected chi connectivity index (χ3v) is 3.32. The third-order valence-electron chi connectivity index (χ3n) is 3.32. The Labute approximate surface area is 116 Å². The van der Waals surface area contributed by atoms with Gasteiger partial charge in [0.05, 0.1) is 12.1 Å². The van der Waals surface area contributed by atoms with Crippen molar-refractivity contribution < 1.29 is 19.8 Å². The van der Waals surface area contributed by atoms with Crippen molar-refractivity contribution in [1.82, 2.24) is 10.6 Å². The molecule has 1 aliphatic rings. The molecule has 2 rings (SSSR count). The van der Waals surface area contributed by atoms with Crippen LogP contribution in [0.1, 0.15) is 12.0 Å². The fraction of sp³-hybridized carbons (Fsp3) is 0.429. The van der Waals surface area contributed by atoms with E-state index in [1.54, 1.807) is 0 Å². The van der Waals surface area contributed by atoms with Gasteiger partial charge < -0.3 is 20.8 Å². The predicted octanol–water partition coefficient (Wildman–Crippen LogP) is -0.479. The first-order valence-electron chi connectivity index (χ1n) is 6.55. The lowest BCUT2D eigenvalue weighted by molar-refractivity contribution is -0.142. The second-order valence-corrected chi connectivity index (χ2v) is 4.94. The smallest absolute Gasteiger partial charge is 0.326 e. The van der Waals surface area contributed by atoms with Gasteiger partial charge in [-0.3, -0.25) is 4.79 Å². The Morgan fingerprint density at radius 1 is 1.35 bits per heavy atom. The topological polar surface area (TPSA) is 98.7 Å². The molecule has 20 heavy (non-hydrogen) atoms. The van der Waals surface area contributed by atoms with Crippen molar-refractivity contribution >= 4 is 11.9 Å². The van der Waals surface area contributed by atoms with Gasteiger partial charge in [-0.1, -0.05) is 30.3 Å². The number of carboxylic acids is 1. The van der Waals surface area contributed by atoms with Crippen LogP contribution in [0, 0.1) is 0 Å². The number of nitrogens with one attached hydrogen (secondary N) is 2. The number of benzene rings is 1. The summed E-state index contributed by atoms with van der Waals surface area (Å²) in [6.07, 6.45) is -0.0103. The number of hydrogen-bond acceptors (Lipinski definition) is 4. The normalized spacial score (nSPS) is 23.2. The van der Waals surface area contributed by atoms with Crippen molar-refractivity contribution in [2.75, 3.05) is 6.54 Å². The molecule has 1 fully saturated rings. The Kier molecular flexibility index (Phi) is 4.70. The highest BCUT2D eigenvalue weighted by Crippen LogP contribution is 2.08. The summed E-state index contributed by atoms with van der Waals surface area (Å²) in [5, 5.41) is 23.9. The van der Waals surface area contributed by atoms with Crippen LogP contribution in [0.25, 0.3) is 0 Å². The molecular weight excluding hydrogens is 260 g/mol. The molecule has 6 heteroatoms. The molecule has 1 aliphatic heterocycles. The molecule has 0 bridgehead atoms. The molecule has 3 atom stereocenters. The van der Waals surface area contributed by atoms with Crippen LogP contribution in [-0.2, 0) is 16.0 Å². The van der Waals surface area contributed by atoms with E-state index in [1.165, 1.54) is 0 Å². The van der Waals surface area contributed by atoms with Gasteiger partial charge in [0.25, 0.3) is 0 Å². The average Bonchev–Trinajstić information content (AvgIpc) is 2.86. The molecule has 1 saturated heterocycles. The summed E-state index contributed by atoms with van der Waals surface area (Å²) in [6.45, 7) is 0.356. The van der Waals surface area contributed by atoms with Crippen LogP contribution >= 0.6 is 0 Å². The maximum Gasteiger partial charge on any atom is 0.326 e. The van der Waals surface area contributed by atoms with Gasteiger partial charge in [-0.05, 0) is 12.0 Å². The first-order chi connectivity index (χ1) is 9.56. The molecule has 108 valence electrons. The highest BCUT2D eigenvalue weighted by atomic mass is 16.4. The van der Waals surface area contributed by atoms with Crippen molar-refractivity contribution in [2.45, 2.75) is 31.0 Å². The van der Waals surface area contributed by atoms with Gasteiger partial charge in [-0.15, -0.1) is 0 Å². The number of rotatable bonds is 5. The van der Waals surface area contributed by atoms with Gasteiger partial charge in [0, 0.05) is 13.0 Å². The van der Waals surface area contributed by atoms with E-state index in [-0.39, 0.29) is 12.3 Å². The zero-order valence-corrected chi connectivity index (χ0v) is 11.0. The zero-order chi connectivity index (χ0) is 14.5. The van der Waals surface area contributed by atoms with E-state index < -0.39 is 24.2 Å².